The molecule has 0 aliphatic rings. The van der Waals surface area contributed by atoms with Crippen molar-refractivity contribution in [2.24, 2.45) is 0 Å². The number of carbonyl (C=O) groups is 1. The Morgan fingerprint density at radius 3 is 2.86 bits per heavy atom. The van der Waals surface area contributed by atoms with Crippen molar-refractivity contribution < 1.29 is 19.7 Å². The first-order chi connectivity index (χ1) is 6.63. The van der Waals surface area contributed by atoms with Gasteiger partial charge in [0.15, 0.2) is 11.5 Å². The van der Waals surface area contributed by atoms with Crippen molar-refractivity contribution in [3.05, 3.63) is 18.2 Å². The van der Waals surface area contributed by atoms with Crippen LogP contribution in [0, 0.1) is 0 Å². The van der Waals surface area contributed by atoms with Crippen LogP contribution in [-0.4, -0.2) is 29.0 Å². The number of carboxylic acid groups (broad SMARTS) is 1. The molecule has 0 spiro atoms. The number of hydrogen-bond donors (Lipinski definition) is 2. The minimum absolute atomic E-state index is 0.00602. The Morgan fingerprint density at radius 2 is 2.29 bits per heavy atom. The molecule has 0 aliphatic heterocycles. The number of methoxy groups -OCH3 is 1. The van der Waals surface area contributed by atoms with Crippen molar-refractivity contribution >= 4 is 17.7 Å². The molecule has 2 N–H and O–H groups in total. The number of aliphatic carboxylic acids is 1. The van der Waals surface area contributed by atoms with Gasteiger partial charge in [-0.3, -0.25) is 4.79 Å². The van der Waals surface area contributed by atoms with Gasteiger partial charge in [0.1, 0.15) is 0 Å². The third-order valence-corrected chi connectivity index (χ3v) is 2.49. The van der Waals surface area contributed by atoms with Crippen molar-refractivity contribution in [2.75, 3.05) is 12.9 Å². The van der Waals surface area contributed by atoms with E-state index in [1.54, 1.807) is 12.1 Å². The SMILES string of the molecule is COc1cc(SCC(=O)O)ccc1O. The van der Waals surface area contributed by atoms with E-state index in [-0.39, 0.29) is 11.5 Å². The number of benzene rings is 1. The van der Waals surface area contributed by atoms with Crippen LogP contribution in [0.3, 0.4) is 0 Å². The average molecular weight is 214 g/mol. The summed E-state index contributed by atoms with van der Waals surface area (Å²) in [6, 6.07) is 4.72. The predicted octanol–water partition coefficient (Wildman–Crippen LogP) is 1.58. The van der Waals surface area contributed by atoms with Crippen LogP contribution in [0.2, 0.25) is 0 Å². The maximum Gasteiger partial charge on any atom is 0.313 e. The van der Waals surface area contributed by atoms with E-state index in [1.807, 2.05) is 0 Å². The number of aromatic hydroxyl groups is 1. The summed E-state index contributed by atoms with van der Waals surface area (Å²) >= 11 is 1.18. The van der Waals surface area contributed by atoms with E-state index in [1.165, 1.54) is 24.9 Å². The Morgan fingerprint density at radius 1 is 1.57 bits per heavy atom. The van der Waals surface area contributed by atoms with Gasteiger partial charge in [-0.25, -0.2) is 0 Å². The molecule has 1 aromatic rings. The summed E-state index contributed by atoms with van der Waals surface area (Å²) in [5.41, 5.74) is 0. The fourth-order valence-corrected chi connectivity index (χ4v) is 1.54. The van der Waals surface area contributed by atoms with Gasteiger partial charge in [0.05, 0.1) is 12.9 Å². The molecule has 5 heteroatoms. The van der Waals surface area contributed by atoms with Crippen LogP contribution in [0.25, 0.3) is 0 Å². The second-order valence-corrected chi connectivity index (χ2v) is 3.56. The average Bonchev–Trinajstić information content (AvgIpc) is 2.16. The number of thioether (sulfide) groups is 1. The Hall–Kier alpha value is -1.36. The van der Waals surface area contributed by atoms with Crippen LogP contribution < -0.4 is 4.74 Å². The van der Waals surface area contributed by atoms with Crippen LogP contribution in [0.1, 0.15) is 0 Å². The summed E-state index contributed by atoms with van der Waals surface area (Å²) < 4.78 is 4.88. The lowest BCUT2D eigenvalue weighted by Gasteiger charge is -2.04. The Bertz CT molecular complexity index is 338. The molecule has 0 aromatic heterocycles. The van der Waals surface area contributed by atoms with E-state index in [9.17, 15) is 9.90 Å². The quantitative estimate of drug-likeness (QED) is 0.745. The van der Waals surface area contributed by atoms with Crippen molar-refractivity contribution in [1.29, 1.82) is 0 Å². The van der Waals surface area contributed by atoms with E-state index < -0.39 is 5.97 Å². The van der Waals surface area contributed by atoms with E-state index in [4.69, 9.17) is 9.84 Å². The van der Waals surface area contributed by atoms with Crippen LogP contribution >= 0.6 is 11.8 Å². The summed E-state index contributed by atoms with van der Waals surface area (Å²) in [7, 11) is 1.45. The second-order valence-electron chi connectivity index (χ2n) is 2.52. The number of rotatable bonds is 4. The second kappa shape index (κ2) is 4.76. The molecule has 1 aromatic carbocycles. The van der Waals surface area contributed by atoms with E-state index in [0.717, 1.165) is 4.90 Å². The molecule has 0 heterocycles. The van der Waals surface area contributed by atoms with Gasteiger partial charge in [-0.1, -0.05) is 0 Å². The molecule has 4 nitrogen and oxygen atoms in total. The van der Waals surface area contributed by atoms with Crippen molar-refractivity contribution in [3.63, 3.8) is 0 Å². The van der Waals surface area contributed by atoms with Gasteiger partial charge < -0.3 is 14.9 Å². The van der Waals surface area contributed by atoms with Crippen LogP contribution in [0.4, 0.5) is 0 Å². The largest absolute Gasteiger partial charge is 0.504 e. The highest BCUT2D eigenvalue weighted by Gasteiger charge is 2.04. The number of hydrogen-bond acceptors (Lipinski definition) is 4. The first-order valence-electron chi connectivity index (χ1n) is 3.85. The normalized spacial score (nSPS) is 9.79. The molecule has 76 valence electrons. The molecule has 0 bridgehead atoms. The van der Waals surface area contributed by atoms with Crippen molar-refractivity contribution in [1.82, 2.24) is 0 Å². The number of carboxylic acids is 1. The third-order valence-electron chi connectivity index (χ3n) is 1.51. The lowest BCUT2D eigenvalue weighted by atomic mass is 10.3. The van der Waals surface area contributed by atoms with Gasteiger partial charge >= 0.3 is 5.97 Å². The van der Waals surface area contributed by atoms with Crippen LogP contribution in [0.15, 0.2) is 23.1 Å². The number of phenols is 1. The van der Waals surface area contributed by atoms with Crippen LogP contribution in [0.5, 0.6) is 11.5 Å². The Kier molecular flexibility index (Phi) is 3.64. The zero-order valence-corrected chi connectivity index (χ0v) is 8.37. The summed E-state index contributed by atoms with van der Waals surface area (Å²) in [5.74, 6) is -0.483. The molecule has 1 rings (SSSR count). The predicted molar refractivity (Wildman–Crippen MR) is 53.0 cm³/mol. The molecule has 14 heavy (non-hydrogen) atoms. The fraction of sp³-hybridized carbons (Fsp3) is 0.222. The molecule has 0 atom stereocenters. The van der Waals surface area contributed by atoms with E-state index >= 15 is 0 Å². The zero-order chi connectivity index (χ0) is 10.6. The summed E-state index contributed by atoms with van der Waals surface area (Å²) in [6.07, 6.45) is 0. The highest BCUT2D eigenvalue weighted by molar-refractivity contribution is 8.00. The summed E-state index contributed by atoms with van der Waals surface area (Å²) in [4.78, 5) is 11.0. The smallest absolute Gasteiger partial charge is 0.313 e. The Balaban J connectivity index is 2.74. The van der Waals surface area contributed by atoms with Gasteiger partial charge in [0.2, 0.25) is 0 Å². The van der Waals surface area contributed by atoms with Gasteiger partial charge in [-0.15, -0.1) is 11.8 Å². The minimum Gasteiger partial charge on any atom is -0.504 e. The molecule has 0 radical (unpaired) electrons. The molecule has 0 saturated carbocycles. The zero-order valence-electron chi connectivity index (χ0n) is 7.56. The van der Waals surface area contributed by atoms with Gasteiger partial charge in [0.25, 0.3) is 0 Å². The molecule has 0 saturated heterocycles. The molecule has 0 fully saturated rings. The number of ether oxygens (including phenoxy) is 1. The van der Waals surface area contributed by atoms with Crippen LogP contribution in [-0.2, 0) is 4.79 Å². The molecular weight excluding hydrogens is 204 g/mol. The van der Waals surface area contributed by atoms with E-state index in [0.29, 0.717) is 5.75 Å². The third kappa shape index (κ3) is 2.85. The molecule has 0 aliphatic carbocycles. The fourth-order valence-electron chi connectivity index (χ4n) is 0.893. The lowest BCUT2D eigenvalue weighted by Crippen LogP contribution is -1.97. The van der Waals surface area contributed by atoms with Gasteiger partial charge in [-0.2, -0.15) is 0 Å². The summed E-state index contributed by atoms with van der Waals surface area (Å²) in [5, 5.41) is 17.7. The highest BCUT2D eigenvalue weighted by Crippen LogP contribution is 2.30. The molecular formula is C9H10O4S. The maximum absolute atomic E-state index is 10.3. The monoisotopic (exact) mass is 214 g/mol. The van der Waals surface area contributed by atoms with Crippen molar-refractivity contribution in [2.45, 2.75) is 4.90 Å². The standard InChI is InChI=1S/C9H10O4S/c1-13-8-4-6(2-3-7(8)10)14-5-9(11)12/h2-4,10H,5H2,1H3,(H,11,12). The lowest BCUT2D eigenvalue weighted by molar-refractivity contribution is -0.133. The first kappa shape index (κ1) is 10.7. The van der Waals surface area contributed by atoms with Gasteiger partial charge in [-0.05, 0) is 18.2 Å². The van der Waals surface area contributed by atoms with Gasteiger partial charge in [0, 0.05) is 4.90 Å². The highest BCUT2D eigenvalue weighted by atomic mass is 32.2. The summed E-state index contributed by atoms with van der Waals surface area (Å²) in [6.45, 7) is 0. The number of phenolic OH excluding ortho intramolecular Hbond substituents is 1. The maximum atomic E-state index is 10.3. The Labute approximate surface area is 85.5 Å². The van der Waals surface area contributed by atoms with E-state index in [2.05, 4.69) is 0 Å². The van der Waals surface area contributed by atoms with Crippen molar-refractivity contribution in [3.8, 4) is 11.5 Å². The molecule has 0 unspecified atom stereocenters. The first-order valence-corrected chi connectivity index (χ1v) is 4.83. The minimum atomic E-state index is -0.873. The molecule has 0 amide bonds. The topological polar surface area (TPSA) is 66.8 Å².